The standard InChI is InChI=1S/C26H36N4O4/c1-17-8-9-21-22(30(17)26(31)33-4)11-10-20(25(21)34-19-6-5-7-19)18-14-27-29(15-18)23-12-13-28(2)16-24(23)32-3/h10-11,14-15,17,19,23-24H,5-9,12-13,16H2,1-4H3/t17-,23?,24?/m0/s1. The molecule has 184 valence electrons. The van der Waals surface area contributed by atoms with Gasteiger partial charge in [-0.05, 0) is 64.6 Å². The minimum Gasteiger partial charge on any atom is -0.489 e. The van der Waals surface area contributed by atoms with Gasteiger partial charge in [-0.2, -0.15) is 5.10 Å². The number of aromatic nitrogens is 2. The lowest BCUT2D eigenvalue weighted by Crippen LogP contribution is -2.43. The molecular weight excluding hydrogens is 432 g/mol. The first kappa shape index (κ1) is 23.2. The highest BCUT2D eigenvalue weighted by molar-refractivity contribution is 5.92. The first-order valence-corrected chi connectivity index (χ1v) is 12.5. The van der Waals surface area contributed by atoms with E-state index in [0.29, 0.717) is 0 Å². The number of carbonyl (C=O) groups is 1. The Morgan fingerprint density at radius 2 is 1.97 bits per heavy atom. The summed E-state index contributed by atoms with van der Waals surface area (Å²) in [6.45, 7) is 3.99. The molecule has 3 atom stereocenters. The third kappa shape index (κ3) is 4.18. The lowest BCUT2D eigenvalue weighted by atomic mass is 9.91. The summed E-state index contributed by atoms with van der Waals surface area (Å²) in [5.74, 6) is 0.897. The van der Waals surface area contributed by atoms with Crippen LogP contribution in [0.4, 0.5) is 10.5 Å². The Labute approximate surface area is 201 Å². The van der Waals surface area contributed by atoms with E-state index in [2.05, 4.69) is 35.8 Å². The molecule has 3 aliphatic rings. The molecule has 2 aliphatic heterocycles. The Morgan fingerprint density at radius 3 is 2.68 bits per heavy atom. The van der Waals surface area contributed by atoms with Gasteiger partial charge in [0.05, 0.1) is 37.2 Å². The predicted octanol–water partition coefficient (Wildman–Crippen LogP) is 4.28. The summed E-state index contributed by atoms with van der Waals surface area (Å²) in [6, 6.07) is 4.40. The molecule has 34 heavy (non-hydrogen) atoms. The summed E-state index contributed by atoms with van der Waals surface area (Å²) in [5, 5.41) is 4.75. The molecule has 5 rings (SSSR count). The van der Waals surface area contributed by atoms with Gasteiger partial charge < -0.3 is 19.1 Å². The van der Waals surface area contributed by atoms with E-state index in [-0.39, 0.29) is 30.4 Å². The van der Waals surface area contributed by atoms with Crippen molar-refractivity contribution in [2.45, 2.75) is 69.7 Å². The SMILES string of the molecule is COC(=O)N1c2ccc(-c3cnn(C4CCN(C)CC4OC)c3)c(OC3CCC3)c2CC[C@@H]1C. The van der Waals surface area contributed by atoms with Crippen molar-refractivity contribution in [3.63, 3.8) is 0 Å². The third-order valence-electron chi connectivity index (χ3n) is 7.74. The number of likely N-dealkylation sites (N-methyl/N-ethyl adjacent to an activating group) is 1. The van der Waals surface area contributed by atoms with Crippen LogP contribution in [0.5, 0.6) is 5.75 Å². The molecular formula is C26H36N4O4. The summed E-state index contributed by atoms with van der Waals surface area (Å²) < 4.78 is 19.6. The van der Waals surface area contributed by atoms with Crippen molar-refractivity contribution in [3.8, 4) is 16.9 Å². The second kappa shape index (κ2) is 9.58. The van der Waals surface area contributed by atoms with E-state index in [0.717, 1.165) is 73.3 Å². The first-order valence-electron chi connectivity index (χ1n) is 12.5. The highest BCUT2D eigenvalue weighted by Crippen LogP contribution is 2.45. The predicted molar refractivity (Wildman–Crippen MR) is 131 cm³/mol. The number of piperidine rings is 1. The van der Waals surface area contributed by atoms with E-state index in [1.54, 1.807) is 12.0 Å². The number of rotatable bonds is 5. The maximum absolute atomic E-state index is 12.6. The summed E-state index contributed by atoms with van der Waals surface area (Å²) in [4.78, 5) is 16.7. The van der Waals surface area contributed by atoms with Crippen LogP contribution in [0.15, 0.2) is 24.5 Å². The molecule has 0 radical (unpaired) electrons. The van der Waals surface area contributed by atoms with Crippen molar-refractivity contribution in [2.24, 2.45) is 0 Å². The molecule has 8 heteroatoms. The number of ether oxygens (including phenoxy) is 3. The van der Waals surface area contributed by atoms with Crippen LogP contribution in [0.1, 0.15) is 50.6 Å². The number of methoxy groups -OCH3 is 2. The maximum Gasteiger partial charge on any atom is 0.414 e. The van der Waals surface area contributed by atoms with Crippen LogP contribution >= 0.6 is 0 Å². The summed E-state index contributed by atoms with van der Waals surface area (Å²) >= 11 is 0. The van der Waals surface area contributed by atoms with E-state index in [4.69, 9.17) is 19.3 Å². The molecule has 1 saturated heterocycles. The molecule has 1 aromatic heterocycles. The molecule has 1 aromatic carbocycles. The average molecular weight is 469 g/mol. The molecule has 2 fully saturated rings. The molecule has 2 unspecified atom stereocenters. The average Bonchev–Trinajstić information content (AvgIpc) is 3.30. The highest BCUT2D eigenvalue weighted by atomic mass is 16.5. The monoisotopic (exact) mass is 468 g/mol. The summed E-state index contributed by atoms with van der Waals surface area (Å²) in [6.07, 6.45) is 10.2. The van der Waals surface area contributed by atoms with E-state index in [1.807, 2.05) is 12.3 Å². The topological polar surface area (TPSA) is 69.1 Å². The van der Waals surface area contributed by atoms with Gasteiger partial charge in [-0.1, -0.05) is 0 Å². The fraction of sp³-hybridized carbons (Fsp3) is 0.615. The van der Waals surface area contributed by atoms with Crippen LogP contribution in [0.2, 0.25) is 0 Å². The summed E-state index contributed by atoms with van der Waals surface area (Å²) in [7, 11) is 5.35. The van der Waals surface area contributed by atoms with Crippen LogP contribution < -0.4 is 9.64 Å². The Balaban J connectivity index is 1.53. The van der Waals surface area contributed by atoms with Gasteiger partial charge >= 0.3 is 6.09 Å². The summed E-state index contributed by atoms with van der Waals surface area (Å²) in [5.41, 5.74) is 4.06. The van der Waals surface area contributed by atoms with Gasteiger partial charge in [-0.15, -0.1) is 0 Å². The van der Waals surface area contributed by atoms with Gasteiger partial charge in [0.2, 0.25) is 0 Å². The zero-order valence-electron chi connectivity index (χ0n) is 20.7. The number of nitrogens with zero attached hydrogens (tertiary/aromatic N) is 4. The highest BCUT2D eigenvalue weighted by Gasteiger charge is 2.34. The Kier molecular flexibility index (Phi) is 6.53. The Hall–Kier alpha value is -2.58. The molecule has 1 saturated carbocycles. The molecule has 1 aliphatic carbocycles. The van der Waals surface area contributed by atoms with Gasteiger partial charge in [-0.3, -0.25) is 9.58 Å². The third-order valence-corrected chi connectivity index (χ3v) is 7.74. The van der Waals surface area contributed by atoms with Crippen LogP contribution in [0.25, 0.3) is 11.1 Å². The number of carbonyl (C=O) groups excluding carboxylic acids is 1. The van der Waals surface area contributed by atoms with Crippen molar-refractivity contribution >= 4 is 11.8 Å². The van der Waals surface area contributed by atoms with Crippen molar-refractivity contribution < 1.29 is 19.0 Å². The molecule has 2 aromatic rings. The first-order chi connectivity index (χ1) is 16.5. The van der Waals surface area contributed by atoms with E-state index >= 15 is 0 Å². The van der Waals surface area contributed by atoms with Gasteiger partial charge in [0, 0.05) is 49.1 Å². The Bertz CT molecular complexity index is 1030. The number of benzene rings is 1. The quantitative estimate of drug-likeness (QED) is 0.652. The van der Waals surface area contributed by atoms with Crippen molar-refractivity contribution in [1.82, 2.24) is 14.7 Å². The van der Waals surface area contributed by atoms with E-state index in [1.165, 1.54) is 13.5 Å². The molecule has 0 bridgehead atoms. The zero-order chi connectivity index (χ0) is 23.8. The van der Waals surface area contributed by atoms with Crippen LogP contribution in [0, 0.1) is 0 Å². The van der Waals surface area contributed by atoms with Gasteiger partial charge in [0.15, 0.2) is 0 Å². The van der Waals surface area contributed by atoms with Crippen LogP contribution in [-0.4, -0.2) is 73.4 Å². The normalized spacial score (nSPS) is 25.5. The maximum atomic E-state index is 12.6. The number of anilines is 1. The van der Waals surface area contributed by atoms with Gasteiger partial charge in [-0.25, -0.2) is 4.79 Å². The van der Waals surface area contributed by atoms with Gasteiger partial charge in [0.25, 0.3) is 0 Å². The minimum absolute atomic E-state index is 0.0838. The molecule has 0 spiro atoms. The number of fused-ring (bicyclic) bond motifs is 1. The van der Waals surface area contributed by atoms with E-state index < -0.39 is 0 Å². The zero-order valence-corrected chi connectivity index (χ0v) is 20.7. The smallest absolute Gasteiger partial charge is 0.414 e. The molecule has 8 nitrogen and oxygen atoms in total. The lowest BCUT2D eigenvalue weighted by molar-refractivity contribution is -0.00195. The minimum atomic E-state index is -0.323. The van der Waals surface area contributed by atoms with E-state index in [9.17, 15) is 4.79 Å². The van der Waals surface area contributed by atoms with Crippen molar-refractivity contribution in [1.29, 1.82) is 0 Å². The fourth-order valence-electron chi connectivity index (χ4n) is 5.45. The number of amides is 1. The molecule has 1 amide bonds. The van der Waals surface area contributed by atoms with Gasteiger partial charge in [0.1, 0.15) is 5.75 Å². The van der Waals surface area contributed by atoms with Crippen LogP contribution in [-0.2, 0) is 15.9 Å². The number of hydrogen-bond donors (Lipinski definition) is 0. The van der Waals surface area contributed by atoms with Crippen molar-refractivity contribution in [3.05, 3.63) is 30.1 Å². The lowest BCUT2D eigenvalue weighted by Gasteiger charge is -2.37. The molecule has 0 N–H and O–H groups in total. The second-order valence-electron chi connectivity index (χ2n) is 9.94. The number of likely N-dealkylation sites (tertiary alicyclic amines) is 1. The van der Waals surface area contributed by atoms with Crippen molar-refractivity contribution in [2.75, 3.05) is 39.3 Å². The van der Waals surface area contributed by atoms with Crippen LogP contribution in [0.3, 0.4) is 0 Å². The fourth-order valence-corrected chi connectivity index (χ4v) is 5.45. The molecule has 3 heterocycles. The Morgan fingerprint density at radius 1 is 1.15 bits per heavy atom. The number of hydrogen-bond acceptors (Lipinski definition) is 6. The second-order valence-corrected chi connectivity index (χ2v) is 9.94. The largest absolute Gasteiger partial charge is 0.489 e.